The highest BCUT2D eigenvalue weighted by Crippen LogP contribution is 2.12. The van der Waals surface area contributed by atoms with Crippen LogP contribution in [0, 0.1) is 0 Å². The molecule has 0 heterocycles. The Morgan fingerprint density at radius 1 is 1.08 bits per heavy atom. The summed E-state index contributed by atoms with van der Waals surface area (Å²) < 4.78 is 22.4. The Hall–Kier alpha value is -2.22. The molecule has 0 aliphatic rings. The molecule has 0 fully saturated rings. The molecule has 24 heavy (non-hydrogen) atoms. The van der Waals surface area contributed by atoms with Gasteiger partial charge in [0, 0.05) is 11.3 Å². The van der Waals surface area contributed by atoms with Crippen LogP contribution in [0.4, 0.5) is 5.69 Å². The van der Waals surface area contributed by atoms with Crippen molar-refractivity contribution in [3.8, 4) is 0 Å². The first-order chi connectivity index (χ1) is 11.4. The maximum Gasteiger partial charge on any atom is 0.279 e. The van der Waals surface area contributed by atoms with Gasteiger partial charge in [-0.25, -0.2) is 13.6 Å². The highest BCUT2D eigenvalue weighted by Gasteiger charge is 2.14. The van der Waals surface area contributed by atoms with Gasteiger partial charge in [-0.3, -0.25) is 4.79 Å². The molecule has 1 atom stereocenters. The number of amides is 1. The second-order valence-corrected chi connectivity index (χ2v) is 7.12. The number of hydrogen-bond donors (Lipinski definition) is 3. The zero-order valence-corrected chi connectivity index (χ0v) is 14.3. The van der Waals surface area contributed by atoms with Crippen LogP contribution in [-0.4, -0.2) is 27.4 Å². The van der Waals surface area contributed by atoms with E-state index in [0.29, 0.717) is 12.2 Å². The Kier molecular flexibility index (Phi) is 6.08. The molecule has 0 aliphatic heterocycles. The zero-order valence-electron chi connectivity index (χ0n) is 13.5. The van der Waals surface area contributed by atoms with E-state index in [2.05, 4.69) is 5.32 Å². The van der Waals surface area contributed by atoms with E-state index in [-0.39, 0.29) is 10.8 Å². The van der Waals surface area contributed by atoms with E-state index in [1.54, 1.807) is 0 Å². The van der Waals surface area contributed by atoms with Crippen molar-refractivity contribution in [2.45, 2.75) is 18.4 Å². The Morgan fingerprint density at radius 2 is 1.71 bits per heavy atom. The molecule has 0 spiro atoms. The summed E-state index contributed by atoms with van der Waals surface area (Å²) in [6, 6.07) is 15.8. The number of likely N-dealkylation sites (N-methyl/N-ethyl adjacent to an activating group) is 1. The topological polar surface area (TPSA) is 93.7 Å². The first-order valence-corrected chi connectivity index (χ1v) is 9.23. The second-order valence-electron chi connectivity index (χ2n) is 5.56. The number of hydrogen-bond acceptors (Lipinski definition) is 3. The number of nitrogens with two attached hydrogens (primary N) is 1. The lowest BCUT2D eigenvalue weighted by atomic mass is 10.2. The predicted molar refractivity (Wildman–Crippen MR) is 93.0 cm³/mol. The average Bonchev–Trinajstić information content (AvgIpc) is 2.54. The maximum absolute atomic E-state index is 12.2. The van der Waals surface area contributed by atoms with Crippen LogP contribution in [0.15, 0.2) is 59.5 Å². The molecule has 6 nitrogen and oxygen atoms in total. The number of nitrogens with one attached hydrogen (secondary N) is 2. The number of carbonyl (C=O) groups excluding carboxylic acids is 1. The number of anilines is 1. The van der Waals surface area contributed by atoms with Crippen LogP contribution >= 0.6 is 0 Å². The van der Waals surface area contributed by atoms with E-state index in [9.17, 15) is 13.2 Å². The molecule has 128 valence electrons. The fourth-order valence-corrected chi connectivity index (χ4v) is 2.87. The number of quaternary nitrogens is 1. The fraction of sp³-hybridized carbons (Fsp3) is 0.235. The molecule has 2 aromatic rings. The van der Waals surface area contributed by atoms with Gasteiger partial charge in [0.2, 0.25) is 10.0 Å². The SMILES string of the molecule is CC[NH+](CC(=O)Nc1ccc(S(N)(=O)=O)cc1)Cc1ccccc1. The zero-order chi connectivity index (χ0) is 17.6. The lowest BCUT2D eigenvalue weighted by Crippen LogP contribution is -3.11. The van der Waals surface area contributed by atoms with Crippen molar-refractivity contribution in [1.82, 2.24) is 0 Å². The van der Waals surface area contributed by atoms with Crippen LogP contribution in [0.3, 0.4) is 0 Å². The van der Waals surface area contributed by atoms with Gasteiger partial charge in [-0.2, -0.15) is 0 Å². The molecule has 2 rings (SSSR count). The van der Waals surface area contributed by atoms with Gasteiger partial charge in [-0.05, 0) is 31.2 Å². The van der Waals surface area contributed by atoms with Crippen molar-refractivity contribution in [3.63, 3.8) is 0 Å². The molecule has 0 aromatic heterocycles. The predicted octanol–water partition coefficient (Wildman–Crippen LogP) is 0.378. The van der Waals surface area contributed by atoms with Crippen molar-refractivity contribution in [2.75, 3.05) is 18.4 Å². The molecular weight excluding hydrogens is 326 g/mol. The summed E-state index contributed by atoms with van der Waals surface area (Å²) >= 11 is 0. The molecule has 0 bridgehead atoms. The minimum absolute atomic E-state index is 0.0189. The summed E-state index contributed by atoms with van der Waals surface area (Å²) in [4.78, 5) is 13.3. The Bertz CT molecular complexity index is 774. The smallest absolute Gasteiger partial charge is 0.279 e. The Morgan fingerprint density at radius 3 is 2.25 bits per heavy atom. The third kappa shape index (κ3) is 5.45. The maximum atomic E-state index is 12.2. The molecule has 1 unspecified atom stereocenters. The minimum Gasteiger partial charge on any atom is -0.324 e. The third-order valence-corrected chi connectivity index (χ3v) is 4.60. The van der Waals surface area contributed by atoms with Crippen molar-refractivity contribution in [2.24, 2.45) is 5.14 Å². The standard InChI is InChI=1S/C17H21N3O3S/c1-2-20(12-14-6-4-3-5-7-14)13-17(21)19-15-8-10-16(11-9-15)24(18,22)23/h3-11H,2,12-13H2,1H3,(H,19,21)(H2,18,22,23)/p+1. The van der Waals surface area contributed by atoms with Crippen LogP contribution in [0.1, 0.15) is 12.5 Å². The number of primary sulfonamides is 1. The van der Waals surface area contributed by atoms with Gasteiger partial charge in [0.05, 0.1) is 11.4 Å². The van der Waals surface area contributed by atoms with Crippen molar-refractivity contribution in [1.29, 1.82) is 0 Å². The van der Waals surface area contributed by atoms with Crippen molar-refractivity contribution < 1.29 is 18.1 Å². The number of carbonyl (C=O) groups is 1. The quantitative estimate of drug-likeness (QED) is 0.675. The van der Waals surface area contributed by atoms with Crippen LogP contribution < -0.4 is 15.4 Å². The first kappa shape index (κ1) is 18.1. The molecule has 4 N–H and O–H groups in total. The van der Waals surface area contributed by atoms with Gasteiger partial charge in [0.1, 0.15) is 6.54 Å². The molecule has 0 aliphatic carbocycles. The summed E-state index contributed by atoms with van der Waals surface area (Å²) in [6.45, 7) is 3.97. The number of sulfonamides is 1. The van der Waals surface area contributed by atoms with E-state index >= 15 is 0 Å². The fourth-order valence-electron chi connectivity index (χ4n) is 2.36. The normalized spacial score (nSPS) is 12.6. The number of rotatable bonds is 7. The van der Waals surface area contributed by atoms with Crippen LogP contribution in [0.25, 0.3) is 0 Å². The van der Waals surface area contributed by atoms with E-state index in [0.717, 1.165) is 18.0 Å². The van der Waals surface area contributed by atoms with Gasteiger partial charge < -0.3 is 10.2 Å². The van der Waals surface area contributed by atoms with E-state index < -0.39 is 10.0 Å². The van der Waals surface area contributed by atoms with Gasteiger partial charge in [-0.1, -0.05) is 30.3 Å². The Labute approximate surface area is 142 Å². The molecule has 1 amide bonds. The number of benzene rings is 2. The summed E-state index contributed by atoms with van der Waals surface area (Å²) in [7, 11) is -3.72. The van der Waals surface area contributed by atoms with Crippen molar-refractivity contribution in [3.05, 3.63) is 60.2 Å². The second kappa shape index (κ2) is 8.05. The summed E-state index contributed by atoms with van der Waals surface area (Å²) in [5.41, 5.74) is 1.72. The summed E-state index contributed by atoms with van der Waals surface area (Å²) in [5.74, 6) is -0.119. The molecule has 0 radical (unpaired) electrons. The van der Waals surface area contributed by atoms with Gasteiger partial charge in [-0.15, -0.1) is 0 Å². The summed E-state index contributed by atoms with van der Waals surface area (Å²) in [6.07, 6.45) is 0. The third-order valence-electron chi connectivity index (χ3n) is 3.67. The van der Waals surface area contributed by atoms with Gasteiger partial charge in [0.25, 0.3) is 5.91 Å². The molecular formula is C17H22N3O3S+. The van der Waals surface area contributed by atoms with Crippen LogP contribution in [0.2, 0.25) is 0 Å². The highest BCUT2D eigenvalue weighted by atomic mass is 32.2. The first-order valence-electron chi connectivity index (χ1n) is 7.68. The monoisotopic (exact) mass is 348 g/mol. The van der Waals surface area contributed by atoms with E-state index in [1.807, 2.05) is 37.3 Å². The van der Waals surface area contributed by atoms with Crippen molar-refractivity contribution >= 4 is 21.6 Å². The van der Waals surface area contributed by atoms with Crippen LogP contribution in [0.5, 0.6) is 0 Å². The molecule has 7 heteroatoms. The average molecular weight is 348 g/mol. The molecule has 0 saturated heterocycles. The molecule has 0 saturated carbocycles. The largest absolute Gasteiger partial charge is 0.324 e. The van der Waals surface area contributed by atoms with Gasteiger partial charge >= 0.3 is 0 Å². The lowest BCUT2D eigenvalue weighted by Gasteiger charge is -2.17. The summed E-state index contributed by atoms with van der Waals surface area (Å²) in [5, 5.41) is 7.82. The lowest BCUT2D eigenvalue weighted by molar-refractivity contribution is -0.903. The van der Waals surface area contributed by atoms with Gasteiger partial charge in [0.15, 0.2) is 6.54 Å². The van der Waals surface area contributed by atoms with E-state index in [4.69, 9.17) is 5.14 Å². The van der Waals surface area contributed by atoms with Crippen LogP contribution in [-0.2, 0) is 21.4 Å². The minimum atomic E-state index is -3.72. The highest BCUT2D eigenvalue weighted by molar-refractivity contribution is 7.89. The van der Waals surface area contributed by atoms with E-state index in [1.165, 1.54) is 29.8 Å². The molecule has 2 aromatic carbocycles. The Balaban J connectivity index is 1.94.